The molecule has 13 heteroatoms. The van der Waals surface area contributed by atoms with Crippen molar-refractivity contribution in [1.29, 1.82) is 0 Å². The highest BCUT2D eigenvalue weighted by molar-refractivity contribution is 6.31. The van der Waals surface area contributed by atoms with Crippen molar-refractivity contribution in [3.63, 3.8) is 0 Å². The lowest BCUT2D eigenvalue weighted by Gasteiger charge is -2.41. The van der Waals surface area contributed by atoms with Crippen molar-refractivity contribution in [3.8, 4) is 0 Å². The Morgan fingerprint density at radius 3 is 2.64 bits per heavy atom. The first-order valence-electron chi connectivity index (χ1n) is 15.5. The summed E-state index contributed by atoms with van der Waals surface area (Å²) >= 11 is 12.7. The van der Waals surface area contributed by atoms with Gasteiger partial charge >= 0.3 is 5.97 Å². The standard InChI is InChI=1S/C34H31Cl2FN4O6/c1-3-47-32(43)21-13-26(41(45)46)25(11-17(21)2)39-15-27-29(28(42)16-39)30(20-5-4-6-23(36)31(20)37)34(40(27)14-18-7-8-18)22-10-9-19(35)12-24(22)38-33(34)44/h4-6,9-13,18,27,29-30H,3,7-8,14-16H2,1-2H3,(H,38,44)/t27-,29-,30-,34+/m0/s1. The van der Waals surface area contributed by atoms with Crippen molar-refractivity contribution >= 4 is 57.9 Å². The summed E-state index contributed by atoms with van der Waals surface area (Å²) in [5.74, 6) is -3.61. The maximum absolute atomic E-state index is 16.1. The molecule has 1 spiro atoms. The molecule has 4 aliphatic rings. The summed E-state index contributed by atoms with van der Waals surface area (Å²) in [5, 5.41) is 15.6. The number of amides is 1. The van der Waals surface area contributed by atoms with Gasteiger partial charge in [0.05, 0.1) is 28.7 Å². The number of benzene rings is 3. The third-order valence-electron chi connectivity index (χ3n) is 10.0. The van der Waals surface area contributed by atoms with Gasteiger partial charge in [0, 0.05) is 53.3 Å². The Bertz CT molecular complexity index is 1870. The van der Waals surface area contributed by atoms with Gasteiger partial charge in [-0.15, -0.1) is 0 Å². The zero-order valence-electron chi connectivity index (χ0n) is 25.6. The van der Waals surface area contributed by atoms with Gasteiger partial charge < -0.3 is 15.0 Å². The average molecular weight is 682 g/mol. The van der Waals surface area contributed by atoms with Gasteiger partial charge in [-0.25, -0.2) is 9.18 Å². The zero-order valence-corrected chi connectivity index (χ0v) is 27.1. The predicted octanol–water partition coefficient (Wildman–Crippen LogP) is 6.26. The number of ketones is 1. The molecule has 0 radical (unpaired) electrons. The summed E-state index contributed by atoms with van der Waals surface area (Å²) in [6.45, 7) is 3.78. The minimum absolute atomic E-state index is 0.0630. The number of likely N-dealkylation sites (tertiary alicyclic amines) is 1. The number of esters is 1. The molecule has 1 amide bonds. The van der Waals surface area contributed by atoms with Crippen molar-refractivity contribution in [3.05, 3.63) is 96.8 Å². The fourth-order valence-electron chi connectivity index (χ4n) is 7.93. The van der Waals surface area contributed by atoms with Crippen LogP contribution in [-0.2, 0) is 19.9 Å². The second-order valence-corrected chi connectivity index (χ2v) is 13.5. The lowest BCUT2D eigenvalue weighted by Crippen LogP contribution is -2.56. The van der Waals surface area contributed by atoms with E-state index in [0.717, 1.165) is 12.8 Å². The van der Waals surface area contributed by atoms with E-state index < -0.39 is 46.0 Å². The number of halogens is 3. The Morgan fingerprint density at radius 1 is 1.17 bits per heavy atom. The van der Waals surface area contributed by atoms with Crippen LogP contribution in [0.5, 0.6) is 0 Å². The van der Waals surface area contributed by atoms with Gasteiger partial charge in [0.25, 0.3) is 5.69 Å². The van der Waals surface area contributed by atoms with Crippen LogP contribution in [-0.4, -0.2) is 59.8 Å². The first-order valence-corrected chi connectivity index (χ1v) is 16.3. The minimum atomic E-state index is -1.48. The molecule has 7 rings (SSSR count). The fraction of sp³-hybridized carbons (Fsp3) is 0.382. The van der Waals surface area contributed by atoms with Crippen molar-refractivity contribution in [2.24, 2.45) is 11.8 Å². The van der Waals surface area contributed by atoms with E-state index in [9.17, 15) is 24.5 Å². The van der Waals surface area contributed by atoms with E-state index in [0.29, 0.717) is 28.4 Å². The van der Waals surface area contributed by atoms with E-state index in [-0.39, 0.29) is 58.9 Å². The first-order chi connectivity index (χ1) is 22.5. The molecule has 0 aromatic heterocycles. The Morgan fingerprint density at radius 2 is 1.94 bits per heavy atom. The Labute approximate surface area is 279 Å². The molecule has 3 aromatic rings. The fourth-order valence-corrected chi connectivity index (χ4v) is 8.28. The number of anilines is 2. The zero-order chi connectivity index (χ0) is 33.4. The summed E-state index contributed by atoms with van der Waals surface area (Å²) in [7, 11) is 0. The minimum Gasteiger partial charge on any atom is -0.462 e. The van der Waals surface area contributed by atoms with E-state index >= 15 is 4.39 Å². The van der Waals surface area contributed by atoms with E-state index in [2.05, 4.69) is 5.32 Å². The second kappa shape index (κ2) is 11.6. The van der Waals surface area contributed by atoms with Crippen molar-refractivity contribution in [1.82, 2.24) is 4.90 Å². The van der Waals surface area contributed by atoms with Gasteiger partial charge in [-0.1, -0.05) is 41.4 Å². The number of piperidine rings is 1. The molecule has 244 valence electrons. The molecular weight excluding hydrogens is 650 g/mol. The number of hydrogen-bond donors (Lipinski definition) is 1. The van der Waals surface area contributed by atoms with Crippen LogP contribution in [0, 0.1) is 34.7 Å². The van der Waals surface area contributed by atoms with Crippen LogP contribution in [0.4, 0.5) is 21.5 Å². The number of fused-ring (bicyclic) bond motifs is 3. The summed E-state index contributed by atoms with van der Waals surface area (Å²) < 4.78 is 21.2. The number of rotatable bonds is 7. The molecule has 3 fully saturated rings. The number of ether oxygens (including phenoxy) is 1. The van der Waals surface area contributed by atoms with Crippen molar-refractivity contribution in [2.45, 2.75) is 44.2 Å². The Hall–Kier alpha value is -4.06. The topological polar surface area (TPSA) is 122 Å². The van der Waals surface area contributed by atoms with Gasteiger partial charge in [0.2, 0.25) is 5.91 Å². The van der Waals surface area contributed by atoms with Crippen LogP contribution in [0.3, 0.4) is 0 Å². The molecular formula is C34H31Cl2FN4O6. The predicted molar refractivity (Wildman–Crippen MR) is 174 cm³/mol. The molecule has 1 saturated carbocycles. The summed E-state index contributed by atoms with van der Waals surface area (Å²) in [6.07, 6.45) is 1.87. The van der Waals surface area contributed by atoms with E-state index in [1.807, 2.05) is 4.90 Å². The summed E-state index contributed by atoms with van der Waals surface area (Å²) in [4.78, 5) is 57.1. The SMILES string of the molecule is CCOC(=O)c1cc([N+](=O)[O-])c(N2CC(=O)[C@@H]3[C@H](C2)N(CC2CC2)[C@@]2(C(=O)Nc4cc(Cl)ccc42)[C@H]3c2cccc(Cl)c2F)cc1C. The Kier molecular flexibility index (Phi) is 7.76. The van der Waals surface area contributed by atoms with Gasteiger partial charge in [-0.3, -0.25) is 24.6 Å². The van der Waals surface area contributed by atoms with Gasteiger partial charge in [0.15, 0.2) is 5.78 Å². The molecule has 3 heterocycles. The summed E-state index contributed by atoms with van der Waals surface area (Å²) in [5.41, 5.74) is 0.0989. The van der Waals surface area contributed by atoms with Crippen LogP contribution < -0.4 is 10.2 Å². The summed E-state index contributed by atoms with van der Waals surface area (Å²) in [6, 6.07) is 11.8. The van der Waals surface area contributed by atoms with Crippen LogP contribution >= 0.6 is 23.2 Å². The monoisotopic (exact) mass is 680 g/mol. The van der Waals surface area contributed by atoms with Crippen LogP contribution in [0.25, 0.3) is 0 Å². The molecule has 0 unspecified atom stereocenters. The molecule has 0 bridgehead atoms. The van der Waals surface area contributed by atoms with E-state index in [1.165, 1.54) is 18.2 Å². The van der Waals surface area contributed by atoms with Gasteiger partial charge in [0.1, 0.15) is 17.0 Å². The third-order valence-corrected chi connectivity index (χ3v) is 10.5. The molecule has 1 N–H and O–H groups in total. The highest BCUT2D eigenvalue weighted by atomic mass is 35.5. The number of nitro groups is 1. The second-order valence-electron chi connectivity index (χ2n) is 12.7. The normalized spacial score (nSPS) is 25.1. The first kappa shape index (κ1) is 31.5. The molecule has 47 heavy (non-hydrogen) atoms. The quantitative estimate of drug-likeness (QED) is 0.176. The lowest BCUT2D eigenvalue weighted by atomic mass is 9.69. The third kappa shape index (κ3) is 4.89. The lowest BCUT2D eigenvalue weighted by molar-refractivity contribution is -0.384. The van der Waals surface area contributed by atoms with Crippen molar-refractivity contribution in [2.75, 3.05) is 36.5 Å². The maximum Gasteiger partial charge on any atom is 0.338 e. The van der Waals surface area contributed by atoms with Gasteiger partial charge in [-0.05, 0) is 68.0 Å². The maximum atomic E-state index is 16.1. The molecule has 2 saturated heterocycles. The van der Waals surface area contributed by atoms with Crippen LogP contribution in [0.2, 0.25) is 10.0 Å². The smallest absolute Gasteiger partial charge is 0.338 e. The number of Topliss-reactive ketones (excluding diaryl/α,β-unsaturated/α-hetero) is 1. The van der Waals surface area contributed by atoms with E-state index in [4.69, 9.17) is 27.9 Å². The number of carbonyl (C=O) groups is 3. The number of nitro benzene ring substituents is 1. The molecule has 3 aliphatic heterocycles. The molecule has 4 atom stereocenters. The van der Waals surface area contributed by atoms with Crippen LogP contribution in [0.1, 0.15) is 52.7 Å². The van der Waals surface area contributed by atoms with E-state index in [1.54, 1.807) is 49.1 Å². The molecule has 10 nitrogen and oxygen atoms in total. The number of aryl methyl sites for hydroxylation is 1. The van der Waals surface area contributed by atoms with Crippen LogP contribution in [0.15, 0.2) is 48.5 Å². The number of nitrogens with zero attached hydrogens (tertiary/aromatic N) is 3. The molecule has 3 aromatic carbocycles. The number of nitrogens with one attached hydrogen (secondary N) is 1. The largest absolute Gasteiger partial charge is 0.462 e. The number of carbonyl (C=O) groups excluding carboxylic acids is 3. The highest BCUT2D eigenvalue weighted by Crippen LogP contribution is 2.62. The highest BCUT2D eigenvalue weighted by Gasteiger charge is 2.69. The van der Waals surface area contributed by atoms with Gasteiger partial charge in [-0.2, -0.15) is 0 Å². The average Bonchev–Trinajstić information content (AvgIpc) is 3.74. The Balaban J connectivity index is 1.41. The van der Waals surface area contributed by atoms with Crippen molar-refractivity contribution < 1.29 is 28.4 Å². The molecule has 1 aliphatic carbocycles. The number of hydrogen-bond acceptors (Lipinski definition) is 8.